The summed E-state index contributed by atoms with van der Waals surface area (Å²) in [5, 5.41) is 0. The summed E-state index contributed by atoms with van der Waals surface area (Å²) in [4.78, 5) is 31.5. The number of rotatable bonds is 10. The molecule has 0 aliphatic rings. The van der Waals surface area contributed by atoms with Crippen LogP contribution in [0.2, 0.25) is 0 Å². The predicted molar refractivity (Wildman–Crippen MR) is 135 cm³/mol. The van der Waals surface area contributed by atoms with Crippen LogP contribution in [-0.2, 0) is 19.1 Å². The van der Waals surface area contributed by atoms with E-state index in [4.69, 9.17) is 14.5 Å². The van der Waals surface area contributed by atoms with Crippen LogP contribution < -0.4 is 0 Å². The van der Waals surface area contributed by atoms with E-state index < -0.39 is 17.5 Å². The van der Waals surface area contributed by atoms with Crippen molar-refractivity contribution in [3.05, 3.63) is 114 Å². The molecule has 3 aromatic carbocycles. The van der Waals surface area contributed by atoms with E-state index in [1.165, 1.54) is 0 Å². The Morgan fingerprint density at radius 3 is 1.62 bits per heavy atom. The van der Waals surface area contributed by atoms with Gasteiger partial charge in [0.2, 0.25) is 0 Å². The Labute approximate surface area is 200 Å². The van der Waals surface area contributed by atoms with Gasteiger partial charge in [0.1, 0.15) is 0 Å². The van der Waals surface area contributed by atoms with E-state index in [-0.39, 0.29) is 19.6 Å². The first-order chi connectivity index (χ1) is 16.6. The Balaban J connectivity index is 2.19. The van der Waals surface area contributed by atoms with E-state index in [1.807, 2.05) is 97.1 Å². The summed E-state index contributed by atoms with van der Waals surface area (Å²) in [6.45, 7) is 3.63. The van der Waals surface area contributed by atoms with Gasteiger partial charge in [0, 0.05) is 17.5 Å². The molecule has 3 aromatic rings. The van der Waals surface area contributed by atoms with E-state index >= 15 is 0 Å². The average Bonchev–Trinajstić information content (AvgIpc) is 2.88. The van der Waals surface area contributed by atoms with Gasteiger partial charge in [-0.05, 0) is 19.4 Å². The highest BCUT2D eigenvalue weighted by molar-refractivity contribution is 6.16. The summed E-state index contributed by atoms with van der Waals surface area (Å²) in [5.41, 5.74) is 1.12. The molecule has 5 heteroatoms. The number of ether oxygens (including phenoxy) is 2. The highest BCUT2D eigenvalue weighted by Crippen LogP contribution is 2.26. The highest BCUT2D eigenvalue weighted by Gasteiger charge is 2.49. The van der Waals surface area contributed by atoms with Crippen LogP contribution in [0.25, 0.3) is 6.08 Å². The third-order valence-corrected chi connectivity index (χ3v) is 5.15. The van der Waals surface area contributed by atoms with Gasteiger partial charge in [-0.25, -0.2) is 9.59 Å². The molecule has 0 saturated carbocycles. The van der Waals surface area contributed by atoms with Gasteiger partial charge in [-0.15, -0.1) is 0 Å². The quantitative estimate of drug-likeness (QED) is 0.230. The van der Waals surface area contributed by atoms with Gasteiger partial charge in [-0.1, -0.05) is 103 Å². The maximum Gasteiger partial charge on any atom is 0.346 e. The molecule has 174 valence electrons. The smallest absolute Gasteiger partial charge is 0.346 e. The summed E-state index contributed by atoms with van der Waals surface area (Å²) < 4.78 is 10.7. The Morgan fingerprint density at radius 2 is 1.18 bits per heavy atom. The van der Waals surface area contributed by atoms with E-state index in [2.05, 4.69) is 0 Å². The highest BCUT2D eigenvalue weighted by atomic mass is 16.6. The van der Waals surface area contributed by atoms with Crippen LogP contribution in [0.5, 0.6) is 0 Å². The third kappa shape index (κ3) is 6.07. The summed E-state index contributed by atoms with van der Waals surface area (Å²) >= 11 is 0. The first kappa shape index (κ1) is 24.6. The largest absolute Gasteiger partial charge is 0.464 e. The number of aliphatic imine (C=N–C) groups is 1. The van der Waals surface area contributed by atoms with Crippen LogP contribution >= 0.6 is 0 Å². The van der Waals surface area contributed by atoms with Gasteiger partial charge in [-0.3, -0.25) is 4.99 Å². The molecule has 0 unspecified atom stereocenters. The summed E-state index contributed by atoms with van der Waals surface area (Å²) in [6, 6.07) is 28.6. The molecule has 0 aliphatic carbocycles. The molecule has 0 radical (unpaired) electrons. The molecular weight excluding hydrogens is 426 g/mol. The van der Waals surface area contributed by atoms with Gasteiger partial charge in [0.05, 0.1) is 18.9 Å². The molecule has 5 nitrogen and oxygen atoms in total. The fourth-order valence-corrected chi connectivity index (χ4v) is 3.50. The van der Waals surface area contributed by atoms with Crippen LogP contribution in [0.1, 0.15) is 37.0 Å². The topological polar surface area (TPSA) is 65.0 Å². The molecular formula is C29H29NO4. The molecule has 0 amide bonds. The van der Waals surface area contributed by atoms with Crippen molar-refractivity contribution in [2.45, 2.75) is 25.8 Å². The number of esters is 2. The lowest BCUT2D eigenvalue weighted by Gasteiger charge is -2.26. The molecule has 0 heterocycles. The zero-order chi connectivity index (χ0) is 24.2. The van der Waals surface area contributed by atoms with Crippen molar-refractivity contribution in [1.29, 1.82) is 0 Å². The second-order valence-electron chi connectivity index (χ2n) is 7.51. The van der Waals surface area contributed by atoms with Crippen LogP contribution in [0, 0.1) is 0 Å². The lowest BCUT2D eigenvalue weighted by molar-refractivity contribution is -0.163. The Hall–Kier alpha value is -3.99. The lowest BCUT2D eigenvalue weighted by Crippen LogP contribution is -2.48. The fraction of sp³-hybridized carbons (Fsp3) is 0.207. The van der Waals surface area contributed by atoms with Crippen molar-refractivity contribution >= 4 is 23.7 Å². The summed E-state index contributed by atoms with van der Waals surface area (Å²) in [6.07, 6.45) is 3.61. The molecule has 0 fully saturated rings. The van der Waals surface area contributed by atoms with Gasteiger partial charge >= 0.3 is 11.9 Å². The minimum absolute atomic E-state index is 0.0112. The molecule has 0 N–H and O–H groups in total. The Kier molecular flexibility index (Phi) is 8.92. The monoisotopic (exact) mass is 455 g/mol. The van der Waals surface area contributed by atoms with E-state index in [0.717, 1.165) is 16.7 Å². The van der Waals surface area contributed by atoms with Crippen LogP contribution in [0.15, 0.2) is 102 Å². The second-order valence-corrected chi connectivity index (χ2v) is 7.51. The first-order valence-corrected chi connectivity index (χ1v) is 11.4. The number of carbonyl (C=O) groups excluding carboxylic acids is 2. The van der Waals surface area contributed by atoms with Gasteiger partial charge in [0.25, 0.3) is 5.54 Å². The maximum absolute atomic E-state index is 13.4. The summed E-state index contributed by atoms with van der Waals surface area (Å²) in [5.74, 6) is -1.48. The van der Waals surface area contributed by atoms with Crippen LogP contribution in [0.3, 0.4) is 0 Å². The van der Waals surface area contributed by atoms with E-state index in [1.54, 1.807) is 19.9 Å². The number of nitrogens with zero attached hydrogens (tertiary/aromatic N) is 1. The molecule has 0 spiro atoms. The molecule has 3 rings (SSSR count). The molecule has 0 aromatic heterocycles. The van der Waals surface area contributed by atoms with Crippen molar-refractivity contribution in [3.8, 4) is 0 Å². The molecule has 0 atom stereocenters. The Morgan fingerprint density at radius 1 is 0.735 bits per heavy atom. The van der Waals surface area contributed by atoms with E-state index in [0.29, 0.717) is 5.71 Å². The molecule has 0 bridgehead atoms. The van der Waals surface area contributed by atoms with Gasteiger partial charge in [-0.2, -0.15) is 0 Å². The second kappa shape index (κ2) is 12.3. The standard InChI is InChI=1S/C29H29NO4/c1-3-33-27(31)29(28(32)34-4-2,22-14-17-23-15-8-5-9-16-23)30-26(24-18-10-6-11-19-24)25-20-12-7-13-21-25/h5-21H,3-4,22H2,1-2H3/b17-14+. The summed E-state index contributed by atoms with van der Waals surface area (Å²) in [7, 11) is 0. The fourth-order valence-electron chi connectivity index (χ4n) is 3.50. The molecule has 0 saturated heterocycles. The zero-order valence-corrected chi connectivity index (χ0v) is 19.5. The van der Waals surface area contributed by atoms with Crippen molar-refractivity contribution in [2.24, 2.45) is 4.99 Å². The maximum atomic E-state index is 13.4. The number of benzene rings is 3. The zero-order valence-electron chi connectivity index (χ0n) is 19.5. The number of carbonyl (C=O) groups is 2. The van der Waals surface area contributed by atoms with Crippen molar-refractivity contribution in [1.82, 2.24) is 0 Å². The van der Waals surface area contributed by atoms with Gasteiger partial charge < -0.3 is 9.47 Å². The van der Waals surface area contributed by atoms with Crippen LogP contribution in [-0.4, -0.2) is 36.4 Å². The van der Waals surface area contributed by atoms with E-state index in [9.17, 15) is 9.59 Å². The van der Waals surface area contributed by atoms with Crippen LogP contribution in [0.4, 0.5) is 0 Å². The number of hydrogen-bond acceptors (Lipinski definition) is 5. The lowest BCUT2D eigenvalue weighted by atomic mass is 9.93. The predicted octanol–water partition coefficient (Wildman–Crippen LogP) is 5.49. The first-order valence-electron chi connectivity index (χ1n) is 11.4. The van der Waals surface area contributed by atoms with Gasteiger partial charge in [0.15, 0.2) is 0 Å². The minimum atomic E-state index is -1.89. The minimum Gasteiger partial charge on any atom is -0.464 e. The Bertz CT molecular complexity index is 1060. The normalized spacial score (nSPS) is 11.1. The molecule has 0 aliphatic heterocycles. The third-order valence-electron chi connectivity index (χ3n) is 5.15. The van der Waals surface area contributed by atoms with Crippen molar-refractivity contribution in [2.75, 3.05) is 13.2 Å². The SMILES string of the molecule is CCOC(=O)C(C/C=C/c1ccccc1)(N=C(c1ccccc1)c1ccccc1)C(=O)OCC. The average molecular weight is 456 g/mol. The van der Waals surface area contributed by atoms with Crippen molar-refractivity contribution < 1.29 is 19.1 Å². The molecule has 34 heavy (non-hydrogen) atoms. The number of hydrogen-bond donors (Lipinski definition) is 0. The van der Waals surface area contributed by atoms with Crippen molar-refractivity contribution in [3.63, 3.8) is 0 Å².